The Bertz CT molecular complexity index is 868. The lowest BCUT2D eigenvalue weighted by Crippen LogP contribution is -2.53. The second-order valence-electron chi connectivity index (χ2n) is 6.92. The Labute approximate surface area is 171 Å². The van der Waals surface area contributed by atoms with Crippen molar-refractivity contribution in [2.75, 3.05) is 13.7 Å². The number of hydrogen-bond acceptors (Lipinski definition) is 7. The van der Waals surface area contributed by atoms with Gasteiger partial charge in [0, 0.05) is 13.5 Å². The van der Waals surface area contributed by atoms with E-state index in [2.05, 4.69) is 0 Å². The fourth-order valence-electron chi connectivity index (χ4n) is 3.16. The Balaban J connectivity index is 1.81. The molecule has 0 bridgehead atoms. The molecule has 2 aromatic rings. The quantitative estimate of drug-likeness (QED) is 0.653. The number of benzene rings is 2. The normalized spacial score (nSPS) is 25.1. The Morgan fingerprint density at radius 3 is 2.41 bits per heavy atom. The molecule has 2 aromatic carbocycles. The van der Waals surface area contributed by atoms with Crippen molar-refractivity contribution in [1.82, 2.24) is 0 Å². The molecule has 0 amide bonds. The van der Waals surface area contributed by atoms with Crippen LogP contribution in [0.25, 0.3) is 0 Å². The van der Waals surface area contributed by atoms with Crippen molar-refractivity contribution in [2.45, 2.75) is 49.4 Å². The average Bonchev–Trinajstić information content (AvgIpc) is 2.73. The maximum atomic E-state index is 12.8. The van der Waals surface area contributed by atoms with Crippen LogP contribution in [0.5, 0.6) is 0 Å². The van der Waals surface area contributed by atoms with E-state index >= 15 is 0 Å². The highest BCUT2D eigenvalue weighted by molar-refractivity contribution is 7.86. The summed E-state index contributed by atoms with van der Waals surface area (Å²) in [6, 6.07) is 15.9. The molecule has 1 saturated heterocycles. The molecule has 1 N–H and O–H groups in total. The van der Waals surface area contributed by atoms with E-state index in [1.807, 2.05) is 37.3 Å². The summed E-state index contributed by atoms with van der Waals surface area (Å²) < 4.78 is 48.0. The van der Waals surface area contributed by atoms with Gasteiger partial charge in [-0.25, -0.2) is 0 Å². The number of methoxy groups -OCH3 is 1. The lowest BCUT2D eigenvalue weighted by atomic mass is 10.0. The molecule has 0 saturated carbocycles. The van der Waals surface area contributed by atoms with Gasteiger partial charge < -0.3 is 19.3 Å². The summed E-state index contributed by atoms with van der Waals surface area (Å²) in [7, 11) is -2.59. The first-order valence-corrected chi connectivity index (χ1v) is 10.8. The average molecular weight is 422 g/mol. The number of aryl methyl sites for hydroxylation is 1. The van der Waals surface area contributed by atoms with E-state index in [1.165, 1.54) is 19.2 Å². The highest BCUT2D eigenvalue weighted by atomic mass is 32.2. The van der Waals surface area contributed by atoms with Crippen LogP contribution in [-0.4, -0.2) is 51.8 Å². The van der Waals surface area contributed by atoms with Crippen LogP contribution in [0.3, 0.4) is 0 Å². The van der Waals surface area contributed by atoms with Crippen LogP contribution < -0.4 is 0 Å². The zero-order valence-corrected chi connectivity index (χ0v) is 17.2. The molecule has 4 atom stereocenters. The Morgan fingerprint density at radius 1 is 1.10 bits per heavy atom. The molecule has 0 aromatic heterocycles. The number of aliphatic hydroxyl groups excluding tert-OH is 1. The van der Waals surface area contributed by atoms with Crippen molar-refractivity contribution in [3.05, 3.63) is 65.7 Å². The van der Waals surface area contributed by atoms with Gasteiger partial charge in [-0.05, 0) is 24.6 Å². The summed E-state index contributed by atoms with van der Waals surface area (Å²) in [6.45, 7) is 1.70. The molecular formula is C21H26O7S. The molecule has 0 aliphatic carbocycles. The van der Waals surface area contributed by atoms with Gasteiger partial charge >= 0.3 is 0 Å². The molecule has 0 radical (unpaired) electrons. The van der Waals surface area contributed by atoms with Gasteiger partial charge in [0.1, 0.15) is 12.2 Å². The van der Waals surface area contributed by atoms with E-state index < -0.39 is 41.3 Å². The highest BCUT2D eigenvalue weighted by Crippen LogP contribution is 2.29. The molecule has 29 heavy (non-hydrogen) atoms. The number of ether oxygens (including phenoxy) is 3. The summed E-state index contributed by atoms with van der Waals surface area (Å²) in [5, 5.41) is 9.77. The topological polar surface area (TPSA) is 91.3 Å². The molecule has 1 aliphatic rings. The van der Waals surface area contributed by atoms with E-state index in [4.69, 9.17) is 18.4 Å². The minimum Gasteiger partial charge on any atom is -0.394 e. The third kappa shape index (κ3) is 5.63. The van der Waals surface area contributed by atoms with Crippen molar-refractivity contribution in [2.24, 2.45) is 0 Å². The van der Waals surface area contributed by atoms with Crippen LogP contribution in [-0.2, 0) is 35.1 Å². The van der Waals surface area contributed by atoms with Crippen molar-refractivity contribution in [1.29, 1.82) is 0 Å². The van der Waals surface area contributed by atoms with Crippen molar-refractivity contribution < 1.29 is 31.9 Å². The van der Waals surface area contributed by atoms with E-state index in [9.17, 15) is 13.5 Å². The van der Waals surface area contributed by atoms with Crippen molar-refractivity contribution in [3.63, 3.8) is 0 Å². The number of rotatable bonds is 8. The first kappa shape index (κ1) is 21.9. The van der Waals surface area contributed by atoms with Gasteiger partial charge in [-0.1, -0.05) is 48.0 Å². The predicted molar refractivity (Wildman–Crippen MR) is 106 cm³/mol. The Morgan fingerprint density at radius 2 is 1.79 bits per heavy atom. The third-order valence-electron chi connectivity index (χ3n) is 4.78. The second kappa shape index (κ2) is 9.80. The van der Waals surface area contributed by atoms with Crippen LogP contribution >= 0.6 is 0 Å². The first-order valence-electron chi connectivity index (χ1n) is 9.37. The van der Waals surface area contributed by atoms with Crippen LogP contribution in [0.1, 0.15) is 17.5 Å². The van der Waals surface area contributed by atoms with E-state index in [-0.39, 0.29) is 17.9 Å². The molecule has 8 heteroatoms. The number of aliphatic hydroxyl groups is 1. The summed E-state index contributed by atoms with van der Waals surface area (Å²) in [5.74, 6) is 0. The smallest absolute Gasteiger partial charge is 0.297 e. The van der Waals surface area contributed by atoms with Gasteiger partial charge in [-0.3, -0.25) is 4.18 Å². The lowest BCUT2D eigenvalue weighted by Gasteiger charge is -2.39. The zero-order valence-electron chi connectivity index (χ0n) is 16.4. The van der Waals surface area contributed by atoms with E-state index in [0.29, 0.717) is 0 Å². The minimum absolute atomic E-state index is 0.0375. The summed E-state index contributed by atoms with van der Waals surface area (Å²) in [5.41, 5.74) is 1.87. The first-order chi connectivity index (χ1) is 13.9. The fourth-order valence-corrected chi connectivity index (χ4v) is 4.28. The number of hydrogen-bond donors (Lipinski definition) is 1. The minimum atomic E-state index is -4.07. The molecule has 1 fully saturated rings. The molecule has 1 aliphatic heterocycles. The maximum absolute atomic E-state index is 12.8. The van der Waals surface area contributed by atoms with Crippen LogP contribution in [0.2, 0.25) is 0 Å². The molecule has 1 heterocycles. The molecule has 7 nitrogen and oxygen atoms in total. The Hall–Kier alpha value is -1.81. The molecule has 0 spiro atoms. The molecule has 3 rings (SSSR count). The van der Waals surface area contributed by atoms with Gasteiger partial charge in [0.2, 0.25) is 0 Å². The highest BCUT2D eigenvalue weighted by Gasteiger charge is 2.43. The van der Waals surface area contributed by atoms with Gasteiger partial charge in [0.05, 0.1) is 24.2 Å². The molecular weight excluding hydrogens is 396 g/mol. The molecule has 158 valence electrons. The summed E-state index contributed by atoms with van der Waals surface area (Å²) >= 11 is 0. The molecule has 0 unspecified atom stereocenters. The third-order valence-corrected chi connectivity index (χ3v) is 6.11. The predicted octanol–water partition coefficient (Wildman–Crippen LogP) is 2.41. The van der Waals surface area contributed by atoms with Gasteiger partial charge in [0.25, 0.3) is 10.1 Å². The Kier molecular flexibility index (Phi) is 7.39. The zero-order chi connectivity index (χ0) is 20.9. The van der Waals surface area contributed by atoms with Crippen LogP contribution in [0.15, 0.2) is 59.5 Å². The van der Waals surface area contributed by atoms with Crippen molar-refractivity contribution >= 4 is 10.1 Å². The standard InChI is InChI=1S/C21H26O7S/c1-15-8-10-17(11-9-15)29(23,24)28-21-18(12-20(25-2)27-19(21)13-22)26-14-16-6-4-3-5-7-16/h3-11,18-22H,12-14H2,1-2H3/t18-,19+,20+,21-/m0/s1. The second-order valence-corrected chi connectivity index (χ2v) is 8.49. The van der Waals surface area contributed by atoms with Gasteiger partial charge in [-0.2, -0.15) is 8.42 Å². The lowest BCUT2D eigenvalue weighted by molar-refractivity contribution is -0.252. The fraction of sp³-hybridized carbons (Fsp3) is 0.429. The van der Waals surface area contributed by atoms with Crippen molar-refractivity contribution in [3.8, 4) is 0 Å². The van der Waals surface area contributed by atoms with Gasteiger partial charge in [-0.15, -0.1) is 0 Å². The maximum Gasteiger partial charge on any atom is 0.297 e. The summed E-state index contributed by atoms with van der Waals surface area (Å²) in [6.07, 6.45) is -2.93. The summed E-state index contributed by atoms with van der Waals surface area (Å²) in [4.78, 5) is 0.0375. The largest absolute Gasteiger partial charge is 0.394 e. The van der Waals surface area contributed by atoms with E-state index in [1.54, 1.807) is 12.1 Å². The SMILES string of the molecule is CO[C@H]1C[C@H](OCc2ccccc2)[C@H](OS(=O)(=O)c2ccc(C)cc2)[C@@H](CO)O1. The monoisotopic (exact) mass is 422 g/mol. The van der Waals surface area contributed by atoms with E-state index in [0.717, 1.165) is 11.1 Å². The van der Waals surface area contributed by atoms with Gasteiger partial charge in [0.15, 0.2) is 6.29 Å². The van der Waals surface area contributed by atoms with Crippen LogP contribution in [0.4, 0.5) is 0 Å². The van der Waals surface area contributed by atoms with Crippen LogP contribution in [0, 0.1) is 6.92 Å².